The average molecular weight is 384 g/mol. The zero-order chi connectivity index (χ0) is 19.4. The molecule has 3 aliphatic rings. The van der Waals surface area contributed by atoms with Gasteiger partial charge in [0.2, 0.25) is 0 Å². The van der Waals surface area contributed by atoms with Crippen LogP contribution in [0, 0.1) is 17.8 Å². The number of aliphatic hydroxyl groups excluding tert-OH is 1. The van der Waals surface area contributed by atoms with Crippen molar-refractivity contribution in [3.8, 4) is 0 Å². The zero-order valence-electron chi connectivity index (χ0n) is 16.5. The minimum atomic E-state index is -0.600. The summed E-state index contributed by atoms with van der Waals surface area (Å²) in [6.07, 6.45) is 2.93. The van der Waals surface area contributed by atoms with Gasteiger partial charge in [-0.25, -0.2) is 0 Å². The maximum Gasteiger partial charge on any atom is 0.311 e. The molecule has 1 aliphatic carbocycles. The number of carbonyl (C=O) groups is 1. The minimum absolute atomic E-state index is 0.145. The summed E-state index contributed by atoms with van der Waals surface area (Å²) in [6.45, 7) is 2.00. The van der Waals surface area contributed by atoms with Crippen molar-refractivity contribution in [2.75, 3.05) is 27.3 Å². The quantitative estimate of drug-likeness (QED) is 0.804. The molecule has 0 bridgehead atoms. The number of hydrogen-bond acceptors (Lipinski definition) is 5. The summed E-state index contributed by atoms with van der Waals surface area (Å²) >= 11 is 0. The van der Waals surface area contributed by atoms with Gasteiger partial charge in [0.15, 0.2) is 0 Å². The number of fused-ring (bicyclic) bond motifs is 6. The lowest BCUT2D eigenvalue weighted by Crippen LogP contribution is -2.53. The average Bonchev–Trinajstić information content (AvgIpc) is 3.06. The fraction of sp³-hybridized carbons (Fsp3) is 0.591. The normalized spacial score (nSPS) is 32.3. The van der Waals surface area contributed by atoms with E-state index in [0.29, 0.717) is 12.3 Å². The van der Waals surface area contributed by atoms with Crippen LogP contribution in [0.3, 0.4) is 0 Å². The molecule has 6 heteroatoms. The Morgan fingerprint density at radius 1 is 1.21 bits per heavy atom. The van der Waals surface area contributed by atoms with Crippen molar-refractivity contribution in [2.24, 2.45) is 17.8 Å². The first kappa shape index (κ1) is 18.0. The lowest BCUT2D eigenvalue weighted by molar-refractivity contribution is -0.160. The highest BCUT2D eigenvalue weighted by Crippen LogP contribution is 2.49. The van der Waals surface area contributed by atoms with Crippen LogP contribution in [-0.2, 0) is 16.0 Å². The van der Waals surface area contributed by atoms with Gasteiger partial charge in [-0.15, -0.1) is 0 Å². The van der Waals surface area contributed by atoms with Gasteiger partial charge in [0.05, 0.1) is 36.4 Å². The van der Waals surface area contributed by atoms with Gasteiger partial charge < -0.3 is 14.7 Å². The number of aromatic nitrogens is 1. The van der Waals surface area contributed by atoms with Gasteiger partial charge in [0.1, 0.15) is 7.11 Å². The van der Waals surface area contributed by atoms with Crippen molar-refractivity contribution in [1.29, 1.82) is 0 Å². The Kier molecular flexibility index (Phi) is 4.36. The van der Waals surface area contributed by atoms with Gasteiger partial charge in [-0.2, -0.15) is 4.73 Å². The fourth-order valence-electron chi connectivity index (χ4n) is 6.11. The molecule has 1 aromatic carbocycles. The predicted octanol–water partition coefficient (Wildman–Crippen LogP) is 2.18. The Balaban J connectivity index is 1.58. The van der Waals surface area contributed by atoms with Crippen molar-refractivity contribution in [2.45, 2.75) is 37.8 Å². The molecule has 0 radical (unpaired) electrons. The van der Waals surface area contributed by atoms with Gasteiger partial charge in [0.25, 0.3) is 0 Å². The summed E-state index contributed by atoms with van der Waals surface area (Å²) < 4.78 is 7.05. The highest BCUT2D eigenvalue weighted by Gasteiger charge is 2.50. The molecule has 1 saturated carbocycles. The van der Waals surface area contributed by atoms with E-state index in [1.54, 1.807) is 7.11 Å². The molecular formula is C22H28N2O4. The van der Waals surface area contributed by atoms with E-state index in [2.05, 4.69) is 23.1 Å². The van der Waals surface area contributed by atoms with Crippen LogP contribution in [0.15, 0.2) is 24.3 Å². The van der Waals surface area contributed by atoms with Crippen molar-refractivity contribution in [1.82, 2.24) is 9.63 Å². The molecule has 1 N–H and O–H groups in total. The maximum absolute atomic E-state index is 12.5. The second-order valence-electron chi connectivity index (χ2n) is 8.47. The molecular weight excluding hydrogens is 356 g/mol. The highest BCUT2D eigenvalue weighted by molar-refractivity contribution is 5.85. The Labute approximate surface area is 165 Å². The number of esters is 1. The number of methoxy groups -OCH3 is 1. The van der Waals surface area contributed by atoms with Gasteiger partial charge in [-0.3, -0.25) is 9.69 Å². The van der Waals surface area contributed by atoms with E-state index in [1.807, 2.05) is 10.8 Å². The van der Waals surface area contributed by atoms with Crippen LogP contribution in [0.1, 0.15) is 36.6 Å². The number of nitrogens with zero attached hydrogens (tertiary/aromatic N) is 2. The monoisotopic (exact) mass is 384 g/mol. The third kappa shape index (κ3) is 2.51. The summed E-state index contributed by atoms with van der Waals surface area (Å²) in [5.41, 5.74) is 3.69. The topological polar surface area (TPSA) is 63.9 Å². The first-order chi connectivity index (χ1) is 13.6. The van der Waals surface area contributed by atoms with Gasteiger partial charge >= 0.3 is 5.97 Å². The number of piperidine rings is 1. The Morgan fingerprint density at radius 2 is 2.04 bits per heavy atom. The Morgan fingerprint density at radius 3 is 2.82 bits per heavy atom. The minimum Gasteiger partial charge on any atom is -0.469 e. The molecule has 0 spiro atoms. The van der Waals surface area contributed by atoms with E-state index in [9.17, 15) is 9.90 Å². The van der Waals surface area contributed by atoms with Crippen LogP contribution in [0.4, 0.5) is 0 Å². The molecule has 5 rings (SSSR count). The van der Waals surface area contributed by atoms with Crippen LogP contribution in [0.25, 0.3) is 10.9 Å². The van der Waals surface area contributed by atoms with Crippen molar-refractivity contribution in [3.63, 3.8) is 0 Å². The SMILES string of the molecule is COC(=O)C1C(O)CCC2CN3CCc4c(n(OC)c5ccccc45)C3CC21. The van der Waals surface area contributed by atoms with Crippen molar-refractivity contribution < 1.29 is 19.5 Å². The predicted molar refractivity (Wildman–Crippen MR) is 105 cm³/mol. The molecule has 6 nitrogen and oxygen atoms in total. The van der Waals surface area contributed by atoms with Gasteiger partial charge in [-0.05, 0) is 49.1 Å². The van der Waals surface area contributed by atoms with E-state index >= 15 is 0 Å². The molecule has 3 heterocycles. The molecule has 5 atom stereocenters. The molecule has 0 amide bonds. The Hall–Kier alpha value is -2.05. The third-order valence-electron chi connectivity index (χ3n) is 7.32. The first-order valence-electron chi connectivity index (χ1n) is 10.3. The van der Waals surface area contributed by atoms with Crippen LogP contribution >= 0.6 is 0 Å². The number of benzene rings is 1. The molecule has 5 unspecified atom stereocenters. The molecule has 150 valence electrons. The lowest BCUT2D eigenvalue weighted by Gasteiger charge is -2.51. The zero-order valence-corrected chi connectivity index (χ0v) is 16.5. The second-order valence-corrected chi connectivity index (χ2v) is 8.47. The number of aliphatic hydroxyl groups is 1. The number of para-hydroxylation sites is 1. The molecule has 2 fully saturated rings. The van der Waals surface area contributed by atoms with E-state index in [4.69, 9.17) is 9.57 Å². The van der Waals surface area contributed by atoms with Gasteiger partial charge in [-0.1, -0.05) is 18.2 Å². The van der Waals surface area contributed by atoms with Crippen LogP contribution in [0.5, 0.6) is 0 Å². The number of ether oxygens (including phenoxy) is 1. The smallest absolute Gasteiger partial charge is 0.311 e. The van der Waals surface area contributed by atoms with Crippen molar-refractivity contribution >= 4 is 16.9 Å². The first-order valence-corrected chi connectivity index (χ1v) is 10.3. The fourth-order valence-corrected chi connectivity index (χ4v) is 6.11. The number of rotatable bonds is 2. The summed E-state index contributed by atoms with van der Waals surface area (Å²) in [5, 5.41) is 11.8. The second kappa shape index (κ2) is 6.78. The summed E-state index contributed by atoms with van der Waals surface area (Å²) in [5.74, 6) is -0.104. The largest absolute Gasteiger partial charge is 0.469 e. The molecule has 2 aliphatic heterocycles. The third-order valence-corrected chi connectivity index (χ3v) is 7.32. The summed E-state index contributed by atoms with van der Waals surface area (Å²) in [7, 11) is 3.15. The van der Waals surface area contributed by atoms with Crippen LogP contribution < -0.4 is 4.84 Å². The molecule has 1 saturated heterocycles. The molecule has 2 aromatic rings. The summed E-state index contributed by atoms with van der Waals surface area (Å²) in [4.78, 5) is 20.9. The van der Waals surface area contributed by atoms with Crippen molar-refractivity contribution in [3.05, 3.63) is 35.5 Å². The van der Waals surface area contributed by atoms with E-state index in [0.717, 1.165) is 37.9 Å². The Bertz CT molecular complexity index is 874. The maximum atomic E-state index is 12.5. The lowest BCUT2D eigenvalue weighted by atomic mass is 9.65. The summed E-state index contributed by atoms with van der Waals surface area (Å²) in [6, 6.07) is 8.61. The standard InChI is InChI=1S/C22H28N2O4/c1-27-22(26)20-16-11-18-21-15(14-5-3-4-6-17(14)24(21)28-2)9-10-23(18)12-13(16)7-8-19(20)25/h3-6,13,16,18-20,25H,7-12H2,1-2H3. The number of hydrogen-bond donors (Lipinski definition) is 1. The molecule has 1 aromatic heterocycles. The van der Waals surface area contributed by atoms with E-state index in [1.165, 1.54) is 23.8 Å². The van der Waals surface area contributed by atoms with Crippen LogP contribution in [-0.4, -0.2) is 54.1 Å². The highest BCUT2D eigenvalue weighted by atomic mass is 16.6. The van der Waals surface area contributed by atoms with Gasteiger partial charge in [0, 0.05) is 18.5 Å². The molecule has 28 heavy (non-hydrogen) atoms. The number of carbonyl (C=O) groups excluding carboxylic acids is 1. The van der Waals surface area contributed by atoms with E-state index in [-0.39, 0.29) is 17.9 Å². The van der Waals surface area contributed by atoms with E-state index < -0.39 is 12.0 Å². The van der Waals surface area contributed by atoms with Crippen LogP contribution in [0.2, 0.25) is 0 Å².